The van der Waals surface area contributed by atoms with E-state index in [9.17, 15) is 14.7 Å². The first-order valence-electron chi connectivity index (χ1n) is 24.8. The minimum atomic E-state index is -0.773. The van der Waals surface area contributed by atoms with Crippen LogP contribution in [0.4, 0.5) is 0 Å². The molecule has 0 fully saturated rings. The molecule has 0 saturated heterocycles. The Morgan fingerprint density at radius 1 is 0.414 bits per heavy atom. The molecule has 1 N–H and O–H groups in total. The molecule has 0 spiro atoms. The van der Waals surface area contributed by atoms with Crippen LogP contribution in [0.2, 0.25) is 0 Å². The van der Waals surface area contributed by atoms with E-state index in [-0.39, 0.29) is 25.2 Å². The van der Waals surface area contributed by atoms with E-state index in [0.29, 0.717) is 12.8 Å². The van der Waals surface area contributed by atoms with Gasteiger partial charge in [0.2, 0.25) is 0 Å². The maximum Gasteiger partial charge on any atom is 0.306 e. The summed E-state index contributed by atoms with van der Waals surface area (Å²) in [4.78, 5) is 24.3. The summed E-state index contributed by atoms with van der Waals surface area (Å²) in [5.74, 6) is -0.596. The smallest absolute Gasteiger partial charge is 0.306 e. The maximum atomic E-state index is 12.2. The second kappa shape index (κ2) is 49.0. The van der Waals surface area contributed by atoms with Crippen molar-refractivity contribution < 1.29 is 24.2 Å². The molecule has 0 rings (SSSR count). The first kappa shape index (κ1) is 55.6. The van der Waals surface area contributed by atoms with Crippen LogP contribution in [0.25, 0.3) is 0 Å². The summed E-state index contributed by atoms with van der Waals surface area (Å²) in [6.45, 7) is 3.99. The van der Waals surface area contributed by atoms with Crippen molar-refractivity contribution in [2.75, 3.05) is 13.2 Å². The highest BCUT2D eigenvalue weighted by atomic mass is 16.6. The molecule has 336 valence electrons. The highest BCUT2D eigenvalue weighted by molar-refractivity contribution is 5.70. The number of carbonyl (C=O) groups excluding carboxylic acids is 2. The van der Waals surface area contributed by atoms with Gasteiger partial charge in [-0.15, -0.1) is 0 Å². The predicted octanol–water partition coefficient (Wildman–Crippen LogP) is 16.3. The average Bonchev–Trinajstić information content (AvgIpc) is 3.23. The van der Waals surface area contributed by atoms with E-state index in [1.54, 1.807) is 0 Å². The Morgan fingerprint density at radius 3 is 1.14 bits per heavy atom. The third kappa shape index (κ3) is 46.3. The van der Waals surface area contributed by atoms with Gasteiger partial charge in [0.15, 0.2) is 6.10 Å². The molecule has 58 heavy (non-hydrogen) atoms. The summed E-state index contributed by atoms with van der Waals surface area (Å²) < 4.78 is 10.6. The van der Waals surface area contributed by atoms with Crippen LogP contribution in [-0.2, 0) is 19.1 Å². The van der Waals surface area contributed by atoms with Gasteiger partial charge in [-0.25, -0.2) is 0 Å². The molecule has 0 amide bonds. The second-order valence-electron chi connectivity index (χ2n) is 16.5. The summed E-state index contributed by atoms with van der Waals surface area (Å²) in [5, 5.41) is 9.58. The molecular formula is C53H94O5. The van der Waals surface area contributed by atoms with Crippen molar-refractivity contribution in [1.82, 2.24) is 0 Å². The third-order valence-electron chi connectivity index (χ3n) is 10.8. The molecular weight excluding hydrogens is 717 g/mol. The average molecular weight is 811 g/mol. The van der Waals surface area contributed by atoms with Crippen LogP contribution in [-0.4, -0.2) is 36.4 Å². The summed E-state index contributed by atoms with van der Waals surface area (Å²) in [5.41, 5.74) is 0. The van der Waals surface area contributed by atoms with Gasteiger partial charge < -0.3 is 14.6 Å². The molecule has 5 nitrogen and oxygen atoms in total. The quantitative estimate of drug-likeness (QED) is 0.0377. The minimum absolute atomic E-state index is 0.0684. The number of aliphatic hydroxyl groups excluding tert-OH is 1. The molecule has 0 aliphatic carbocycles. The number of esters is 2. The van der Waals surface area contributed by atoms with Gasteiger partial charge in [0.05, 0.1) is 6.61 Å². The largest absolute Gasteiger partial charge is 0.462 e. The number of hydrogen-bond acceptors (Lipinski definition) is 5. The maximum absolute atomic E-state index is 12.2. The van der Waals surface area contributed by atoms with Crippen molar-refractivity contribution >= 4 is 11.9 Å². The van der Waals surface area contributed by atoms with E-state index in [0.717, 1.165) is 70.6 Å². The highest BCUT2D eigenvalue weighted by Crippen LogP contribution is 2.16. The van der Waals surface area contributed by atoms with Gasteiger partial charge in [-0.1, -0.05) is 222 Å². The number of carbonyl (C=O) groups is 2. The van der Waals surface area contributed by atoms with Gasteiger partial charge in [-0.05, 0) is 70.6 Å². The zero-order valence-electron chi connectivity index (χ0n) is 38.3. The molecule has 0 saturated carbocycles. The zero-order chi connectivity index (χ0) is 42.1. The van der Waals surface area contributed by atoms with Crippen LogP contribution < -0.4 is 0 Å². The minimum Gasteiger partial charge on any atom is -0.462 e. The van der Waals surface area contributed by atoms with Gasteiger partial charge in [-0.3, -0.25) is 9.59 Å². The topological polar surface area (TPSA) is 72.8 Å². The number of unbranched alkanes of at least 4 members (excludes halogenated alkanes) is 27. The Hall–Kier alpha value is -2.40. The lowest BCUT2D eigenvalue weighted by Crippen LogP contribution is -2.28. The molecule has 0 aliphatic rings. The normalized spacial score (nSPS) is 12.7. The Bertz CT molecular complexity index is 1010. The summed E-state index contributed by atoms with van der Waals surface area (Å²) in [6.07, 6.45) is 64.8. The van der Waals surface area contributed by atoms with Crippen LogP contribution in [0.3, 0.4) is 0 Å². The Labute approximate surface area is 360 Å². The van der Waals surface area contributed by atoms with Crippen LogP contribution >= 0.6 is 0 Å². The van der Waals surface area contributed by atoms with E-state index in [4.69, 9.17) is 9.47 Å². The number of aliphatic hydroxyl groups is 1. The standard InChI is InChI=1S/C53H94O5/c1-3-5-7-9-11-13-15-16-17-18-19-20-21-22-23-24-25-26-27-28-29-30-31-32-33-34-35-36-38-40-42-44-46-48-53(56)58-51(49-54)50-57-52(55)47-45-43-41-39-37-14-12-10-8-6-4-2/h5,7,10-13,16-17,19-20,51,54H,3-4,6,8-9,14-15,18,21-50H2,1-2H3/b7-5-,12-10-,13-11-,17-16-,20-19-. The Kier molecular flexibility index (Phi) is 46.9. The number of ether oxygens (including phenoxy) is 2. The van der Waals surface area contributed by atoms with Crippen molar-refractivity contribution in [2.24, 2.45) is 0 Å². The molecule has 0 aromatic heterocycles. The van der Waals surface area contributed by atoms with E-state index in [1.807, 2.05) is 0 Å². The predicted molar refractivity (Wildman–Crippen MR) is 251 cm³/mol. The van der Waals surface area contributed by atoms with Crippen LogP contribution in [0.15, 0.2) is 60.8 Å². The fraction of sp³-hybridized carbons (Fsp3) is 0.774. The molecule has 1 atom stereocenters. The van der Waals surface area contributed by atoms with E-state index < -0.39 is 6.10 Å². The van der Waals surface area contributed by atoms with Crippen LogP contribution in [0, 0.1) is 0 Å². The van der Waals surface area contributed by atoms with Gasteiger partial charge in [0.1, 0.15) is 6.61 Å². The Balaban J connectivity index is 3.42. The monoisotopic (exact) mass is 811 g/mol. The Morgan fingerprint density at radius 2 is 0.741 bits per heavy atom. The molecule has 0 heterocycles. The van der Waals surface area contributed by atoms with Gasteiger partial charge in [0.25, 0.3) is 0 Å². The van der Waals surface area contributed by atoms with Gasteiger partial charge in [0, 0.05) is 12.8 Å². The van der Waals surface area contributed by atoms with E-state index in [1.165, 1.54) is 148 Å². The van der Waals surface area contributed by atoms with Crippen molar-refractivity contribution in [1.29, 1.82) is 0 Å². The molecule has 0 aliphatic heterocycles. The molecule has 0 aromatic carbocycles. The van der Waals surface area contributed by atoms with Crippen molar-refractivity contribution in [3.63, 3.8) is 0 Å². The lowest BCUT2D eigenvalue weighted by molar-refractivity contribution is -0.161. The van der Waals surface area contributed by atoms with E-state index >= 15 is 0 Å². The second-order valence-corrected chi connectivity index (χ2v) is 16.5. The summed E-state index contributed by atoms with van der Waals surface area (Å²) >= 11 is 0. The lowest BCUT2D eigenvalue weighted by atomic mass is 10.0. The van der Waals surface area contributed by atoms with Crippen molar-refractivity contribution in [3.05, 3.63) is 60.8 Å². The molecule has 5 heteroatoms. The van der Waals surface area contributed by atoms with E-state index in [2.05, 4.69) is 74.6 Å². The van der Waals surface area contributed by atoms with Crippen molar-refractivity contribution in [2.45, 2.75) is 251 Å². The first-order chi connectivity index (χ1) is 28.6. The van der Waals surface area contributed by atoms with Gasteiger partial charge >= 0.3 is 11.9 Å². The molecule has 0 radical (unpaired) electrons. The summed E-state index contributed by atoms with van der Waals surface area (Å²) in [6, 6.07) is 0. The molecule has 0 bridgehead atoms. The highest BCUT2D eigenvalue weighted by Gasteiger charge is 2.16. The van der Waals surface area contributed by atoms with Crippen LogP contribution in [0.5, 0.6) is 0 Å². The van der Waals surface area contributed by atoms with Crippen LogP contribution in [0.1, 0.15) is 245 Å². The lowest BCUT2D eigenvalue weighted by Gasteiger charge is -2.15. The zero-order valence-corrected chi connectivity index (χ0v) is 38.3. The third-order valence-corrected chi connectivity index (χ3v) is 10.8. The first-order valence-corrected chi connectivity index (χ1v) is 24.8. The number of allylic oxidation sites excluding steroid dienone is 10. The van der Waals surface area contributed by atoms with Crippen molar-refractivity contribution in [3.8, 4) is 0 Å². The fourth-order valence-electron chi connectivity index (χ4n) is 7.06. The number of hydrogen-bond donors (Lipinski definition) is 1. The summed E-state index contributed by atoms with van der Waals surface area (Å²) in [7, 11) is 0. The SMILES string of the molecule is CC/C=C\C/C=C\C/C=C\C/C=C\CCCCCCCCCCCCCCCCCCCCCCC(=O)OC(CO)COC(=O)CCCCCCC/C=C\CCCC. The fourth-order valence-corrected chi connectivity index (χ4v) is 7.06. The number of rotatable bonds is 45. The van der Waals surface area contributed by atoms with Gasteiger partial charge in [-0.2, -0.15) is 0 Å². The molecule has 0 aromatic rings. The molecule has 1 unspecified atom stereocenters.